The van der Waals surface area contributed by atoms with Crippen LogP contribution in [0.15, 0.2) is 41.8 Å². The minimum atomic E-state index is -0.409. The average molecular weight is 427 g/mol. The molecule has 2 N–H and O–H groups in total. The van der Waals surface area contributed by atoms with Crippen molar-refractivity contribution in [3.05, 3.63) is 53.0 Å². The van der Waals surface area contributed by atoms with Crippen molar-refractivity contribution < 1.29 is 28.5 Å². The van der Waals surface area contributed by atoms with Crippen molar-refractivity contribution in [2.75, 3.05) is 31.6 Å². The molecular formula is C20H17N3O6S. The maximum Gasteiger partial charge on any atom is 0.275 e. The molecule has 0 unspecified atom stereocenters. The number of nitrogens with zero attached hydrogens (tertiary/aromatic N) is 1. The molecule has 1 aliphatic rings. The molecule has 0 spiro atoms. The minimum Gasteiger partial charge on any atom is -0.497 e. The Balaban J connectivity index is 1.43. The van der Waals surface area contributed by atoms with Crippen molar-refractivity contribution in [1.29, 1.82) is 0 Å². The lowest BCUT2D eigenvalue weighted by atomic mass is 10.2. The number of carbonyl (C=O) groups excluding carboxylic acids is 2. The van der Waals surface area contributed by atoms with E-state index in [1.54, 1.807) is 41.8 Å². The number of anilines is 2. The van der Waals surface area contributed by atoms with Crippen LogP contribution in [0.25, 0.3) is 0 Å². The Labute approximate surface area is 175 Å². The summed E-state index contributed by atoms with van der Waals surface area (Å²) >= 11 is 1.14. The number of hydrogen-bond acceptors (Lipinski definition) is 8. The van der Waals surface area contributed by atoms with Crippen molar-refractivity contribution in [1.82, 2.24) is 4.98 Å². The van der Waals surface area contributed by atoms with E-state index in [1.807, 2.05) is 0 Å². The summed E-state index contributed by atoms with van der Waals surface area (Å²) in [7, 11) is 3.00. The van der Waals surface area contributed by atoms with Crippen molar-refractivity contribution in [2.45, 2.75) is 0 Å². The Hall–Kier alpha value is -3.79. The van der Waals surface area contributed by atoms with Gasteiger partial charge in [0.15, 0.2) is 16.6 Å². The molecule has 1 aromatic heterocycles. The van der Waals surface area contributed by atoms with Crippen molar-refractivity contribution >= 4 is 34.0 Å². The number of thiazole rings is 1. The van der Waals surface area contributed by atoms with Gasteiger partial charge in [0.1, 0.15) is 17.2 Å². The second kappa shape index (κ2) is 8.29. The molecule has 0 fully saturated rings. The highest BCUT2D eigenvalue weighted by molar-refractivity contribution is 7.14. The van der Waals surface area contributed by atoms with Crippen LogP contribution in [0.4, 0.5) is 10.8 Å². The number of aromatic nitrogens is 1. The van der Waals surface area contributed by atoms with Gasteiger partial charge in [0.25, 0.3) is 11.8 Å². The Morgan fingerprint density at radius 2 is 1.70 bits per heavy atom. The normalized spacial score (nSPS) is 11.7. The summed E-state index contributed by atoms with van der Waals surface area (Å²) < 4.78 is 20.9. The van der Waals surface area contributed by atoms with Crippen molar-refractivity contribution in [2.24, 2.45) is 0 Å². The molecule has 4 rings (SSSR count). The summed E-state index contributed by atoms with van der Waals surface area (Å²) in [5.41, 5.74) is 1.07. The molecule has 2 heterocycles. The molecule has 1 aliphatic heterocycles. The van der Waals surface area contributed by atoms with Crippen LogP contribution in [0.3, 0.4) is 0 Å². The highest BCUT2D eigenvalue weighted by Crippen LogP contribution is 2.34. The van der Waals surface area contributed by atoms with Crippen LogP contribution in [0.5, 0.6) is 23.0 Å². The van der Waals surface area contributed by atoms with Gasteiger partial charge in [0.2, 0.25) is 6.79 Å². The first kappa shape index (κ1) is 19.5. The lowest BCUT2D eigenvalue weighted by Crippen LogP contribution is -2.14. The van der Waals surface area contributed by atoms with Gasteiger partial charge in [-0.1, -0.05) is 0 Å². The molecule has 0 saturated carbocycles. The van der Waals surface area contributed by atoms with E-state index in [2.05, 4.69) is 15.6 Å². The summed E-state index contributed by atoms with van der Waals surface area (Å²) in [6.45, 7) is 0.154. The standard InChI is InChI=1S/C20H17N3O6S/c1-26-13-5-11(6-14(8-13)27-2)18(24)23-20-22-15(9-30-20)19(25)21-12-3-4-16-17(7-12)29-10-28-16/h3-9H,10H2,1-2H3,(H,21,25)(H,22,23,24). The third kappa shape index (κ3) is 4.13. The summed E-state index contributed by atoms with van der Waals surface area (Å²) in [4.78, 5) is 29.2. The average Bonchev–Trinajstić information content (AvgIpc) is 3.42. The highest BCUT2D eigenvalue weighted by Gasteiger charge is 2.17. The summed E-state index contributed by atoms with van der Waals surface area (Å²) in [5, 5.41) is 7.26. The second-order valence-electron chi connectivity index (χ2n) is 6.12. The minimum absolute atomic E-state index is 0.154. The van der Waals surface area contributed by atoms with Crippen LogP contribution >= 0.6 is 11.3 Å². The maximum absolute atomic E-state index is 12.5. The van der Waals surface area contributed by atoms with E-state index in [0.29, 0.717) is 34.2 Å². The number of benzene rings is 2. The molecule has 0 atom stereocenters. The fraction of sp³-hybridized carbons (Fsp3) is 0.150. The quantitative estimate of drug-likeness (QED) is 0.621. The molecule has 9 nitrogen and oxygen atoms in total. The fourth-order valence-electron chi connectivity index (χ4n) is 2.71. The predicted molar refractivity (Wildman–Crippen MR) is 110 cm³/mol. The van der Waals surface area contributed by atoms with Gasteiger partial charge >= 0.3 is 0 Å². The topological polar surface area (TPSA) is 108 Å². The molecule has 10 heteroatoms. The molecule has 0 bridgehead atoms. The number of hydrogen-bond donors (Lipinski definition) is 2. The zero-order valence-corrected chi connectivity index (χ0v) is 16.9. The van der Waals surface area contributed by atoms with E-state index >= 15 is 0 Å². The van der Waals surface area contributed by atoms with E-state index < -0.39 is 11.8 Å². The van der Waals surface area contributed by atoms with Crippen LogP contribution in [-0.2, 0) is 0 Å². The van der Waals surface area contributed by atoms with Gasteiger partial charge in [-0.15, -0.1) is 11.3 Å². The van der Waals surface area contributed by atoms with E-state index in [9.17, 15) is 9.59 Å². The van der Waals surface area contributed by atoms with Gasteiger partial charge in [-0.2, -0.15) is 0 Å². The Morgan fingerprint density at radius 1 is 0.967 bits per heavy atom. The van der Waals surface area contributed by atoms with Crippen LogP contribution in [0.1, 0.15) is 20.8 Å². The first-order valence-electron chi connectivity index (χ1n) is 8.76. The van der Waals surface area contributed by atoms with Gasteiger partial charge in [-0.05, 0) is 24.3 Å². The van der Waals surface area contributed by atoms with E-state index in [-0.39, 0.29) is 17.6 Å². The van der Waals surface area contributed by atoms with Crippen LogP contribution in [-0.4, -0.2) is 37.8 Å². The molecular weight excluding hydrogens is 410 g/mol. The number of rotatable bonds is 6. The smallest absolute Gasteiger partial charge is 0.275 e. The lowest BCUT2D eigenvalue weighted by molar-refractivity contribution is 0.101. The molecule has 30 heavy (non-hydrogen) atoms. The summed E-state index contributed by atoms with van der Waals surface area (Å²) in [6.07, 6.45) is 0. The SMILES string of the molecule is COc1cc(OC)cc(C(=O)Nc2nc(C(=O)Nc3ccc4c(c3)OCO4)cs2)c1. The largest absolute Gasteiger partial charge is 0.497 e. The van der Waals surface area contributed by atoms with E-state index in [1.165, 1.54) is 14.2 Å². The van der Waals surface area contributed by atoms with Crippen molar-refractivity contribution in [3.8, 4) is 23.0 Å². The Morgan fingerprint density at radius 3 is 2.43 bits per heavy atom. The van der Waals surface area contributed by atoms with Gasteiger partial charge in [0, 0.05) is 28.8 Å². The number of fused-ring (bicyclic) bond motifs is 1. The monoisotopic (exact) mass is 427 g/mol. The molecule has 154 valence electrons. The number of nitrogens with one attached hydrogen (secondary N) is 2. The van der Waals surface area contributed by atoms with E-state index in [4.69, 9.17) is 18.9 Å². The Kier molecular flexibility index (Phi) is 5.40. The molecule has 2 amide bonds. The number of methoxy groups -OCH3 is 2. The molecule has 3 aromatic rings. The van der Waals surface area contributed by atoms with Crippen LogP contribution in [0, 0.1) is 0 Å². The maximum atomic E-state index is 12.5. The van der Waals surface area contributed by atoms with Gasteiger partial charge in [-0.3, -0.25) is 14.9 Å². The van der Waals surface area contributed by atoms with E-state index in [0.717, 1.165) is 11.3 Å². The first-order valence-corrected chi connectivity index (χ1v) is 9.64. The van der Waals surface area contributed by atoms with Crippen LogP contribution in [0.2, 0.25) is 0 Å². The van der Waals surface area contributed by atoms with Gasteiger partial charge in [0.05, 0.1) is 14.2 Å². The molecule has 2 aromatic carbocycles. The Bertz CT molecular complexity index is 1090. The van der Waals surface area contributed by atoms with Gasteiger partial charge in [-0.25, -0.2) is 4.98 Å². The highest BCUT2D eigenvalue weighted by atomic mass is 32.1. The first-order chi connectivity index (χ1) is 14.6. The number of carbonyl (C=O) groups is 2. The fourth-order valence-corrected chi connectivity index (χ4v) is 3.40. The lowest BCUT2D eigenvalue weighted by Gasteiger charge is -2.08. The molecule has 0 aliphatic carbocycles. The number of amides is 2. The van der Waals surface area contributed by atoms with Gasteiger partial charge < -0.3 is 24.3 Å². The zero-order valence-electron chi connectivity index (χ0n) is 16.1. The molecule has 0 saturated heterocycles. The molecule has 0 radical (unpaired) electrons. The van der Waals surface area contributed by atoms with Crippen molar-refractivity contribution in [3.63, 3.8) is 0 Å². The zero-order chi connectivity index (χ0) is 21.1. The predicted octanol–water partition coefficient (Wildman–Crippen LogP) is 3.39. The summed E-state index contributed by atoms with van der Waals surface area (Å²) in [6, 6.07) is 9.92. The van der Waals surface area contributed by atoms with Crippen LogP contribution < -0.4 is 29.6 Å². The third-order valence-electron chi connectivity index (χ3n) is 4.20. The second-order valence-corrected chi connectivity index (χ2v) is 6.97. The summed E-state index contributed by atoms with van der Waals surface area (Å²) in [5.74, 6) is 1.36. The third-order valence-corrected chi connectivity index (χ3v) is 4.96. The number of ether oxygens (including phenoxy) is 4.